The molecule has 0 aromatic rings. The van der Waals surface area contributed by atoms with Crippen molar-refractivity contribution >= 4 is 18.2 Å². The number of aliphatic carboxylic acids is 1. The number of aldehydes is 1. The second kappa shape index (κ2) is 12.5. The number of hydrogen-bond acceptors (Lipinski definition) is 6. The van der Waals surface area contributed by atoms with Crippen LogP contribution in [-0.2, 0) is 23.9 Å². The minimum Gasteiger partial charge on any atom is -0.481 e. The molecule has 1 amide bonds. The van der Waals surface area contributed by atoms with Gasteiger partial charge in [0.2, 0.25) is 5.91 Å². The highest BCUT2D eigenvalue weighted by atomic mass is 16.5. The second-order valence-electron chi connectivity index (χ2n) is 4.01. The highest BCUT2D eigenvalue weighted by molar-refractivity contribution is 5.80. The van der Waals surface area contributed by atoms with Gasteiger partial charge in [-0.15, -0.1) is 0 Å². The molecule has 0 fully saturated rings. The van der Waals surface area contributed by atoms with Crippen LogP contribution in [0.4, 0.5) is 0 Å². The summed E-state index contributed by atoms with van der Waals surface area (Å²) in [7, 11) is 1.82. The van der Waals surface area contributed by atoms with Crippen molar-refractivity contribution in [3.63, 3.8) is 0 Å². The molecule has 8 heteroatoms. The van der Waals surface area contributed by atoms with Crippen LogP contribution >= 0.6 is 0 Å². The first kappa shape index (κ1) is 18.5. The quantitative estimate of drug-likeness (QED) is 0.288. The van der Waals surface area contributed by atoms with Crippen molar-refractivity contribution in [1.82, 2.24) is 10.6 Å². The number of ether oxygens (including phenoxy) is 2. The van der Waals surface area contributed by atoms with Crippen molar-refractivity contribution in [3.05, 3.63) is 0 Å². The summed E-state index contributed by atoms with van der Waals surface area (Å²) in [6, 6.07) is -0.797. The maximum absolute atomic E-state index is 11.4. The molecule has 0 saturated heterocycles. The van der Waals surface area contributed by atoms with E-state index in [9.17, 15) is 14.4 Å². The van der Waals surface area contributed by atoms with Crippen LogP contribution in [-0.4, -0.2) is 69.3 Å². The molecule has 8 nitrogen and oxygen atoms in total. The van der Waals surface area contributed by atoms with Crippen LogP contribution < -0.4 is 10.6 Å². The number of carboxylic acids is 1. The minimum atomic E-state index is -1.01. The van der Waals surface area contributed by atoms with E-state index in [1.165, 1.54) is 0 Å². The van der Waals surface area contributed by atoms with Crippen molar-refractivity contribution in [1.29, 1.82) is 0 Å². The van der Waals surface area contributed by atoms with Crippen molar-refractivity contribution in [2.45, 2.75) is 18.9 Å². The number of amides is 1. The zero-order valence-electron chi connectivity index (χ0n) is 11.6. The van der Waals surface area contributed by atoms with Crippen molar-refractivity contribution in [2.75, 3.05) is 40.0 Å². The van der Waals surface area contributed by atoms with Gasteiger partial charge in [0, 0.05) is 13.0 Å². The monoisotopic (exact) mass is 290 g/mol. The van der Waals surface area contributed by atoms with Gasteiger partial charge in [-0.1, -0.05) is 0 Å². The van der Waals surface area contributed by atoms with Crippen molar-refractivity contribution in [3.8, 4) is 0 Å². The van der Waals surface area contributed by atoms with Gasteiger partial charge in [-0.3, -0.25) is 9.59 Å². The normalized spacial score (nSPS) is 11.8. The average Bonchev–Trinajstić information content (AvgIpc) is 2.42. The average molecular weight is 290 g/mol. The van der Waals surface area contributed by atoms with Crippen LogP contribution in [0.2, 0.25) is 0 Å². The Morgan fingerprint density at radius 3 is 2.55 bits per heavy atom. The number of carboxylic acid groups (broad SMARTS) is 1. The van der Waals surface area contributed by atoms with E-state index in [-0.39, 0.29) is 26.1 Å². The molecule has 0 rings (SSSR count). The third-order valence-electron chi connectivity index (χ3n) is 2.28. The Labute approximate surface area is 117 Å². The molecule has 0 aliphatic heterocycles. The molecular formula is C12H22N2O6. The van der Waals surface area contributed by atoms with Crippen LogP contribution in [0.3, 0.4) is 0 Å². The predicted molar refractivity (Wildman–Crippen MR) is 70.4 cm³/mol. The molecule has 3 N–H and O–H groups in total. The number of nitrogens with one attached hydrogen (secondary N) is 2. The summed E-state index contributed by atoms with van der Waals surface area (Å²) in [5.41, 5.74) is 0. The minimum absolute atomic E-state index is 0.0672. The first-order chi connectivity index (χ1) is 9.60. The fraction of sp³-hybridized carbons (Fsp3) is 0.750. The summed E-state index contributed by atoms with van der Waals surface area (Å²) in [6.45, 7) is 1.77. The number of likely N-dealkylation sites (N-methyl/N-ethyl adjacent to an activating group) is 1. The molecule has 0 aliphatic carbocycles. The Balaban J connectivity index is 3.59. The molecule has 0 heterocycles. The Bertz CT molecular complexity index is 298. The molecule has 1 unspecified atom stereocenters. The summed E-state index contributed by atoms with van der Waals surface area (Å²) in [4.78, 5) is 32.4. The Hall–Kier alpha value is -1.51. The van der Waals surface area contributed by atoms with Crippen LogP contribution in [0.5, 0.6) is 0 Å². The zero-order chi connectivity index (χ0) is 15.2. The van der Waals surface area contributed by atoms with Crippen LogP contribution in [0.25, 0.3) is 0 Å². The molecule has 20 heavy (non-hydrogen) atoms. The van der Waals surface area contributed by atoms with E-state index < -0.39 is 17.9 Å². The van der Waals surface area contributed by atoms with Gasteiger partial charge in [-0.25, -0.2) is 0 Å². The standard InChI is InChI=1S/C12H22N2O6/c1-13-4-5-19-6-7-20-9-11(16)14-10(8-15)2-3-12(17)18/h8,10,13H,2-7,9H2,1H3,(H,14,16)(H,17,18). The largest absolute Gasteiger partial charge is 0.481 e. The first-order valence-corrected chi connectivity index (χ1v) is 6.36. The molecule has 0 aliphatic rings. The molecule has 1 atom stereocenters. The third-order valence-corrected chi connectivity index (χ3v) is 2.28. The second-order valence-corrected chi connectivity index (χ2v) is 4.01. The number of carbonyl (C=O) groups is 3. The van der Waals surface area contributed by atoms with E-state index in [1.807, 2.05) is 7.05 Å². The van der Waals surface area contributed by atoms with Gasteiger partial charge in [-0.2, -0.15) is 0 Å². The number of carbonyl (C=O) groups excluding carboxylic acids is 2. The lowest BCUT2D eigenvalue weighted by Gasteiger charge is -2.11. The Morgan fingerprint density at radius 1 is 1.25 bits per heavy atom. The van der Waals surface area contributed by atoms with Crippen LogP contribution in [0.15, 0.2) is 0 Å². The highest BCUT2D eigenvalue weighted by Crippen LogP contribution is 1.94. The topological polar surface area (TPSA) is 114 Å². The van der Waals surface area contributed by atoms with Gasteiger partial charge in [-0.05, 0) is 13.5 Å². The zero-order valence-corrected chi connectivity index (χ0v) is 11.6. The summed E-state index contributed by atoms with van der Waals surface area (Å²) in [6.07, 6.45) is 0.406. The molecule has 116 valence electrons. The lowest BCUT2D eigenvalue weighted by atomic mass is 10.2. The molecule has 0 spiro atoms. The van der Waals surface area contributed by atoms with Crippen molar-refractivity contribution < 1.29 is 29.0 Å². The van der Waals surface area contributed by atoms with E-state index in [0.29, 0.717) is 19.5 Å². The van der Waals surface area contributed by atoms with Gasteiger partial charge in [0.25, 0.3) is 0 Å². The van der Waals surface area contributed by atoms with Crippen LogP contribution in [0.1, 0.15) is 12.8 Å². The molecule has 0 saturated carbocycles. The molecule has 0 radical (unpaired) electrons. The van der Waals surface area contributed by atoms with Gasteiger partial charge >= 0.3 is 5.97 Å². The SMILES string of the molecule is CNCCOCCOCC(=O)NC(C=O)CCC(=O)O. The van der Waals surface area contributed by atoms with Gasteiger partial charge in [0.15, 0.2) is 0 Å². The summed E-state index contributed by atoms with van der Waals surface area (Å²) in [5, 5.41) is 13.8. The Morgan fingerprint density at radius 2 is 1.95 bits per heavy atom. The van der Waals surface area contributed by atoms with E-state index in [0.717, 1.165) is 6.54 Å². The predicted octanol–water partition coefficient (Wildman–Crippen LogP) is -1.21. The van der Waals surface area contributed by atoms with E-state index in [4.69, 9.17) is 14.6 Å². The first-order valence-electron chi connectivity index (χ1n) is 6.36. The van der Waals surface area contributed by atoms with Crippen molar-refractivity contribution in [2.24, 2.45) is 0 Å². The lowest BCUT2D eigenvalue weighted by Crippen LogP contribution is -2.38. The van der Waals surface area contributed by atoms with Gasteiger partial charge in [0.1, 0.15) is 12.9 Å². The number of hydrogen-bond donors (Lipinski definition) is 3. The molecular weight excluding hydrogens is 268 g/mol. The van der Waals surface area contributed by atoms with E-state index >= 15 is 0 Å². The van der Waals surface area contributed by atoms with Gasteiger partial charge < -0.3 is 30.0 Å². The van der Waals surface area contributed by atoms with E-state index in [2.05, 4.69) is 10.6 Å². The molecule has 0 aromatic heterocycles. The third kappa shape index (κ3) is 11.6. The number of rotatable bonds is 13. The molecule has 0 bridgehead atoms. The van der Waals surface area contributed by atoms with Gasteiger partial charge in [0.05, 0.1) is 25.9 Å². The van der Waals surface area contributed by atoms with E-state index in [1.54, 1.807) is 0 Å². The molecule has 0 aromatic carbocycles. The fourth-order valence-electron chi connectivity index (χ4n) is 1.26. The fourth-order valence-corrected chi connectivity index (χ4v) is 1.26. The summed E-state index contributed by atoms with van der Waals surface area (Å²) >= 11 is 0. The highest BCUT2D eigenvalue weighted by Gasteiger charge is 2.12. The summed E-state index contributed by atoms with van der Waals surface area (Å²) < 4.78 is 10.2. The maximum atomic E-state index is 11.4. The van der Waals surface area contributed by atoms with Crippen LogP contribution in [0, 0.1) is 0 Å². The lowest BCUT2D eigenvalue weighted by molar-refractivity contribution is -0.137. The Kier molecular flexibility index (Phi) is 11.6. The smallest absolute Gasteiger partial charge is 0.303 e. The maximum Gasteiger partial charge on any atom is 0.303 e. The summed E-state index contributed by atoms with van der Waals surface area (Å²) in [5.74, 6) is -1.47.